The summed E-state index contributed by atoms with van der Waals surface area (Å²) < 4.78 is 13.9. The molecule has 2 N–H and O–H groups in total. The van der Waals surface area contributed by atoms with Crippen molar-refractivity contribution in [2.75, 3.05) is 6.54 Å². The molecular weight excluding hydrogens is 256 g/mol. The van der Waals surface area contributed by atoms with Crippen molar-refractivity contribution in [3.05, 3.63) is 33.1 Å². The van der Waals surface area contributed by atoms with Crippen molar-refractivity contribution in [2.45, 2.75) is 6.42 Å². The first-order valence-electron chi connectivity index (χ1n) is 3.38. The van der Waals surface area contributed by atoms with Gasteiger partial charge in [0.15, 0.2) is 0 Å². The third-order valence-corrected chi connectivity index (χ3v) is 2.10. The average Bonchev–Trinajstić information content (AvgIpc) is 1.95. The third kappa shape index (κ3) is 2.41. The fourth-order valence-corrected chi connectivity index (χ4v) is 1.33. The van der Waals surface area contributed by atoms with E-state index in [0.717, 1.165) is 3.57 Å². The van der Waals surface area contributed by atoms with E-state index in [-0.39, 0.29) is 5.82 Å². The van der Waals surface area contributed by atoms with Crippen molar-refractivity contribution in [1.29, 1.82) is 0 Å². The number of rotatable bonds is 2. The molecule has 0 amide bonds. The Bertz CT molecular complexity index is 250. The van der Waals surface area contributed by atoms with E-state index in [9.17, 15) is 4.39 Å². The minimum atomic E-state index is -0.151. The normalized spacial score (nSPS) is 10.1. The van der Waals surface area contributed by atoms with Crippen LogP contribution < -0.4 is 5.73 Å². The molecule has 60 valence electrons. The van der Waals surface area contributed by atoms with Gasteiger partial charge in [-0.15, -0.1) is 0 Å². The van der Waals surface area contributed by atoms with Gasteiger partial charge in [0.1, 0.15) is 5.82 Å². The van der Waals surface area contributed by atoms with Crippen molar-refractivity contribution in [1.82, 2.24) is 0 Å². The first kappa shape index (κ1) is 8.93. The van der Waals surface area contributed by atoms with Gasteiger partial charge in [-0.05, 0) is 53.3 Å². The maximum absolute atomic E-state index is 13.0. The monoisotopic (exact) mass is 265 g/mol. The van der Waals surface area contributed by atoms with Crippen molar-refractivity contribution < 1.29 is 4.39 Å². The largest absolute Gasteiger partial charge is 0.330 e. The SMILES string of the molecule is NCCc1ccc(I)cc1F. The zero-order chi connectivity index (χ0) is 8.27. The number of nitrogens with two attached hydrogens (primary N) is 1. The van der Waals surface area contributed by atoms with Crippen molar-refractivity contribution in [2.24, 2.45) is 5.73 Å². The van der Waals surface area contributed by atoms with Gasteiger partial charge in [0, 0.05) is 3.57 Å². The molecule has 0 atom stereocenters. The summed E-state index contributed by atoms with van der Waals surface area (Å²) in [4.78, 5) is 0. The summed E-state index contributed by atoms with van der Waals surface area (Å²) in [6.07, 6.45) is 0.614. The first-order chi connectivity index (χ1) is 5.24. The van der Waals surface area contributed by atoms with Crippen LogP contribution in [-0.4, -0.2) is 6.54 Å². The molecule has 0 unspecified atom stereocenters. The van der Waals surface area contributed by atoms with Gasteiger partial charge < -0.3 is 5.73 Å². The molecule has 0 saturated carbocycles. The molecule has 0 aliphatic rings. The van der Waals surface area contributed by atoms with Crippen LogP contribution in [0.15, 0.2) is 18.2 Å². The summed E-state index contributed by atoms with van der Waals surface area (Å²) in [7, 11) is 0. The molecule has 0 aromatic heterocycles. The standard InChI is InChI=1S/C8H9FIN/c9-8-5-7(10)2-1-6(8)3-4-11/h1-2,5H,3-4,11H2. The van der Waals surface area contributed by atoms with E-state index in [1.807, 2.05) is 6.07 Å². The van der Waals surface area contributed by atoms with Crippen LogP contribution in [0.5, 0.6) is 0 Å². The molecule has 0 aliphatic heterocycles. The Labute approximate surface area is 78.9 Å². The molecule has 0 heterocycles. The molecule has 1 aromatic rings. The highest BCUT2D eigenvalue weighted by Crippen LogP contribution is 2.12. The number of hydrogen-bond donors (Lipinski definition) is 1. The molecule has 0 bridgehead atoms. The molecule has 1 nitrogen and oxygen atoms in total. The summed E-state index contributed by atoms with van der Waals surface area (Å²) in [6, 6.07) is 5.18. The van der Waals surface area contributed by atoms with Crippen LogP contribution in [0.1, 0.15) is 5.56 Å². The Kier molecular flexibility index (Phi) is 3.26. The quantitative estimate of drug-likeness (QED) is 0.812. The highest BCUT2D eigenvalue weighted by atomic mass is 127. The number of benzene rings is 1. The summed E-state index contributed by atoms with van der Waals surface area (Å²) in [6.45, 7) is 0.498. The fourth-order valence-electron chi connectivity index (χ4n) is 0.880. The Morgan fingerprint density at radius 2 is 2.18 bits per heavy atom. The average molecular weight is 265 g/mol. The van der Waals surface area contributed by atoms with Crippen molar-refractivity contribution >= 4 is 22.6 Å². The third-order valence-electron chi connectivity index (χ3n) is 1.43. The molecule has 0 saturated heterocycles. The van der Waals surface area contributed by atoms with E-state index >= 15 is 0 Å². The zero-order valence-corrected chi connectivity index (χ0v) is 8.14. The van der Waals surface area contributed by atoms with E-state index in [1.54, 1.807) is 6.07 Å². The summed E-state index contributed by atoms with van der Waals surface area (Å²) in [5.74, 6) is -0.151. The van der Waals surface area contributed by atoms with Gasteiger partial charge in [-0.3, -0.25) is 0 Å². The highest BCUT2D eigenvalue weighted by molar-refractivity contribution is 14.1. The van der Waals surface area contributed by atoms with E-state index < -0.39 is 0 Å². The van der Waals surface area contributed by atoms with E-state index in [2.05, 4.69) is 22.6 Å². The van der Waals surface area contributed by atoms with Crippen LogP contribution in [0.25, 0.3) is 0 Å². The van der Waals surface area contributed by atoms with Gasteiger partial charge in [-0.2, -0.15) is 0 Å². The predicted molar refractivity (Wildman–Crippen MR) is 51.9 cm³/mol. The maximum atomic E-state index is 13.0. The van der Waals surface area contributed by atoms with Crippen LogP contribution >= 0.6 is 22.6 Å². The molecule has 0 fully saturated rings. The lowest BCUT2D eigenvalue weighted by Gasteiger charge is -2.00. The first-order valence-corrected chi connectivity index (χ1v) is 4.46. The predicted octanol–water partition coefficient (Wildman–Crippen LogP) is 1.93. The van der Waals surface area contributed by atoms with Crippen LogP contribution in [0.2, 0.25) is 0 Å². The van der Waals surface area contributed by atoms with E-state index in [4.69, 9.17) is 5.73 Å². The summed E-state index contributed by atoms with van der Waals surface area (Å²) in [5, 5.41) is 0. The van der Waals surface area contributed by atoms with Gasteiger partial charge in [0.2, 0.25) is 0 Å². The lowest BCUT2D eigenvalue weighted by Crippen LogP contribution is -2.04. The van der Waals surface area contributed by atoms with Gasteiger partial charge in [-0.1, -0.05) is 6.07 Å². The Morgan fingerprint density at radius 1 is 1.45 bits per heavy atom. The zero-order valence-electron chi connectivity index (χ0n) is 5.98. The molecule has 1 aromatic carbocycles. The minimum absolute atomic E-state index is 0.151. The van der Waals surface area contributed by atoms with Crippen LogP contribution in [0.4, 0.5) is 4.39 Å². The van der Waals surface area contributed by atoms with Gasteiger partial charge in [0.25, 0.3) is 0 Å². The summed E-state index contributed by atoms with van der Waals surface area (Å²) >= 11 is 2.08. The van der Waals surface area contributed by atoms with Crippen molar-refractivity contribution in [3.8, 4) is 0 Å². The molecule has 0 spiro atoms. The maximum Gasteiger partial charge on any atom is 0.127 e. The molecule has 0 radical (unpaired) electrons. The van der Waals surface area contributed by atoms with Gasteiger partial charge in [-0.25, -0.2) is 4.39 Å². The summed E-state index contributed by atoms with van der Waals surface area (Å²) in [5.41, 5.74) is 6.00. The van der Waals surface area contributed by atoms with E-state index in [1.165, 1.54) is 6.07 Å². The topological polar surface area (TPSA) is 26.0 Å². The number of hydrogen-bond acceptors (Lipinski definition) is 1. The van der Waals surface area contributed by atoms with Crippen LogP contribution in [0.3, 0.4) is 0 Å². The van der Waals surface area contributed by atoms with Gasteiger partial charge >= 0.3 is 0 Å². The molecule has 3 heteroatoms. The second kappa shape index (κ2) is 4.01. The second-order valence-electron chi connectivity index (χ2n) is 2.27. The van der Waals surface area contributed by atoms with E-state index in [0.29, 0.717) is 18.5 Å². The number of halogens is 2. The lowest BCUT2D eigenvalue weighted by molar-refractivity contribution is 0.608. The molecule has 0 aliphatic carbocycles. The second-order valence-corrected chi connectivity index (χ2v) is 3.52. The van der Waals surface area contributed by atoms with Crippen molar-refractivity contribution in [3.63, 3.8) is 0 Å². The highest BCUT2D eigenvalue weighted by Gasteiger charge is 2.00. The molecule has 1 rings (SSSR count). The van der Waals surface area contributed by atoms with Gasteiger partial charge in [0.05, 0.1) is 0 Å². The molecular formula is C8H9FIN. The minimum Gasteiger partial charge on any atom is -0.330 e. The Balaban J connectivity index is 2.90. The van der Waals surface area contributed by atoms with Crippen LogP contribution in [0, 0.1) is 9.39 Å². The Hall–Kier alpha value is -0.160. The fraction of sp³-hybridized carbons (Fsp3) is 0.250. The molecule has 11 heavy (non-hydrogen) atoms. The van der Waals surface area contributed by atoms with Crippen LogP contribution in [-0.2, 0) is 6.42 Å². The lowest BCUT2D eigenvalue weighted by atomic mass is 10.1. The Morgan fingerprint density at radius 3 is 2.73 bits per heavy atom. The smallest absolute Gasteiger partial charge is 0.127 e.